The molecule has 1 aromatic rings. The van der Waals surface area contributed by atoms with Crippen LogP contribution in [0.3, 0.4) is 0 Å². The molecule has 3 rings (SSSR count). The number of esters is 1. The van der Waals surface area contributed by atoms with Gasteiger partial charge < -0.3 is 29.7 Å². The van der Waals surface area contributed by atoms with Gasteiger partial charge in [0.25, 0.3) is 0 Å². The lowest BCUT2D eigenvalue weighted by atomic mass is 10.0. The van der Waals surface area contributed by atoms with E-state index in [1.807, 2.05) is 6.08 Å². The summed E-state index contributed by atoms with van der Waals surface area (Å²) >= 11 is 0. The van der Waals surface area contributed by atoms with Crippen LogP contribution in [0.15, 0.2) is 43.5 Å². The smallest absolute Gasteiger partial charge is 0.410 e. The Bertz CT molecular complexity index is 1450. The summed E-state index contributed by atoms with van der Waals surface area (Å²) in [7, 11) is 1.53. The summed E-state index contributed by atoms with van der Waals surface area (Å²) in [6.07, 6.45) is 4.88. The molecule has 0 spiro atoms. The average molecular weight is 715 g/mol. The fourth-order valence-electron chi connectivity index (χ4n) is 6.18. The van der Waals surface area contributed by atoms with E-state index in [0.717, 1.165) is 19.3 Å². The maximum absolute atomic E-state index is 14.5. The van der Waals surface area contributed by atoms with Crippen LogP contribution in [0.4, 0.5) is 14.0 Å². The van der Waals surface area contributed by atoms with E-state index in [1.54, 1.807) is 52.8 Å². The van der Waals surface area contributed by atoms with Crippen LogP contribution in [0, 0.1) is 17.7 Å². The van der Waals surface area contributed by atoms with Crippen molar-refractivity contribution in [2.45, 2.75) is 116 Å². The zero-order valence-corrected chi connectivity index (χ0v) is 30.9. The number of nitrogens with zero attached hydrogens (tertiary/aromatic N) is 2. The molecule has 0 bridgehead atoms. The minimum absolute atomic E-state index is 0.00623. The molecule has 2 N–H and O–H groups in total. The van der Waals surface area contributed by atoms with Gasteiger partial charge >= 0.3 is 18.2 Å². The number of rotatable bonds is 18. The number of carbonyl (C=O) groups excluding carboxylic acids is 5. The number of nitrogens with one attached hydrogen (secondary N) is 2. The monoisotopic (exact) mass is 714 g/mol. The van der Waals surface area contributed by atoms with Crippen molar-refractivity contribution in [1.82, 2.24) is 20.4 Å². The van der Waals surface area contributed by atoms with Gasteiger partial charge in [-0.25, -0.2) is 18.8 Å². The van der Waals surface area contributed by atoms with Gasteiger partial charge in [-0.15, -0.1) is 13.2 Å². The topological polar surface area (TPSA) is 144 Å². The van der Waals surface area contributed by atoms with Crippen molar-refractivity contribution in [3.05, 3.63) is 60.5 Å². The van der Waals surface area contributed by atoms with Gasteiger partial charge in [-0.2, -0.15) is 0 Å². The molecule has 0 radical (unpaired) electrons. The first kappa shape index (κ1) is 41.0. The Morgan fingerprint density at radius 3 is 2.47 bits per heavy atom. The third-order valence-corrected chi connectivity index (χ3v) is 9.04. The second-order valence-electron chi connectivity index (χ2n) is 14.4. The maximum Gasteiger partial charge on any atom is 0.410 e. The first-order valence-electron chi connectivity index (χ1n) is 17.7. The highest BCUT2D eigenvalue weighted by Crippen LogP contribution is 2.45. The number of hydrogen-bond acceptors (Lipinski definition) is 8. The Morgan fingerprint density at radius 2 is 1.86 bits per heavy atom. The summed E-state index contributed by atoms with van der Waals surface area (Å²) in [6.45, 7) is 16.2. The van der Waals surface area contributed by atoms with Crippen LogP contribution in [0.1, 0.15) is 90.7 Å². The van der Waals surface area contributed by atoms with Gasteiger partial charge in [0.05, 0.1) is 19.7 Å². The highest BCUT2D eigenvalue weighted by Gasteiger charge is 2.61. The zero-order valence-electron chi connectivity index (χ0n) is 30.9. The lowest BCUT2D eigenvalue weighted by molar-refractivity contribution is -0.149. The Labute approximate surface area is 301 Å². The van der Waals surface area contributed by atoms with E-state index in [-0.39, 0.29) is 38.6 Å². The van der Waals surface area contributed by atoms with Crippen molar-refractivity contribution in [3.8, 4) is 0 Å². The quantitative estimate of drug-likeness (QED) is 0.0843. The van der Waals surface area contributed by atoms with E-state index >= 15 is 0 Å². The number of alkyl carbamates (subject to hydrolysis) is 1. The molecule has 4 amide bonds. The molecule has 0 unspecified atom stereocenters. The summed E-state index contributed by atoms with van der Waals surface area (Å²) in [6, 6.07) is 3.73. The highest BCUT2D eigenvalue weighted by atomic mass is 19.1. The van der Waals surface area contributed by atoms with Crippen LogP contribution >= 0.6 is 0 Å². The molecule has 0 aromatic heterocycles. The predicted molar refractivity (Wildman–Crippen MR) is 190 cm³/mol. The van der Waals surface area contributed by atoms with Crippen LogP contribution in [0.2, 0.25) is 0 Å². The molecule has 13 heteroatoms. The largest absolute Gasteiger partial charge is 0.464 e. The van der Waals surface area contributed by atoms with Gasteiger partial charge in [-0.3, -0.25) is 14.5 Å². The molecule has 0 saturated heterocycles. The fraction of sp³-hybridized carbons (Fsp3) is 0.605. The van der Waals surface area contributed by atoms with E-state index in [0.29, 0.717) is 30.4 Å². The number of carbonyl (C=O) groups is 5. The van der Waals surface area contributed by atoms with Gasteiger partial charge in [-0.1, -0.05) is 44.1 Å². The van der Waals surface area contributed by atoms with Gasteiger partial charge in [0, 0.05) is 31.0 Å². The molecule has 51 heavy (non-hydrogen) atoms. The van der Waals surface area contributed by atoms with Crippen molar-refractivity contribution in [1.29, 1.82) is 0 Å². The van der Waals surface area contributed by atoms with E-state index in [9.17, 15) is 28.4 Å². The lowest BCUT2D eigenvalue weighted by Gasteiger charge is -2.31. The second kappa shape index (κ2) is 18.2. The predicted octanol–water partition coefficient (Wildman–Crippen LogP) is 5.78. The van der Waals surface area contributed by atoms with E-state index in [2.05, 4.69) is 23.8 Å². The number of likely N-dealkylation sites (N-methyl/N-ethyl adjacent to an activating group) is 1. The molecular formula is C38H55FN4O8. The third-order valence-electron chi connectivity index (χ3n) is 9.04. The molecule has 1 aliphatic carbocycles. The molecule has 1 aliphatic heterocycles. The zero-order chi connectivity index (χ0) is 37.9. The molecule has 282 valence electrons. The summed E-state index contributed by atoms with van der Waals surface area (Å²) in [5.41, 5.74) is -0.918. The van der Waals surface area contributed by atoms with Crippen LogP contribution in [-0.2, 0) is 41.7 Å². The molecular weight excluding hydrogens is 659 g/mol. The van der Waals surface area contributed by atoms with Crippen molar-refractivity contribution >= 4 is 30.0 Å². The van der Waals surface area contributed by atoms with E-state index in [4.69, 9.17) is 14.2 Å². The van der Waals surface area contributed by atoms with Gasteiger partial charge in [0.2, 0.25) is 11.8 Å². The minimum atomic E-state index is -1.21. The van der Waals surface area contributed by atoms with Crippen LogP contribution in [-0.4, -0.2) is 83.3 Å². The minimum Gasteiger partial charge on any atom is -0.464 e. The third kappa shape index (κ3) is 11.5. The Kier molecular flexibility index (Phi) is 14.6. The number of ether oxygens (including phenoxy) is 3. The van der Waals surface area contributed by atoms with Crippen molar-refractivity contribution in [2.24, 2.45) is 11.8 Å². The lowest BCUT2D eigenvalue weighted by Crippen LogP contribution is -2.51. The van der Waals surface area contributed by atoms with Gasteiger partial charge in [0.1, 0.15) is 29.1 Å². The molecule has 5 atom stereocenters. The first-order chi connectivity index (χ1) is 24.0. The molecule has 2 aliphatic rings. The Balaban J connectivity index is 1.78. The highest BCUT2D eigenvalue weighted by molar-refractivity contribution is 5.92. The average Bonchev–Trinajstić information content (AvgIpc) is 3.59. The summed E-state index contributed by atoms with van der Waals surface area (Å²) in [5.74, 6) is -2.89. The summed E-state index contributed by atoms with van der Waals surface area (Å²) < 4.78 is 31.0. The summed E-state index contributed by atoms with van der Waals surface area (Å²) in [5, 5.41) is 5.53. The van der Waals surface area contributed by atoms with Crippen molar-refractivity contribution in [2.75, 3.05) is 20.2 Å². The number of unbranched alkanes of at least 4 members (excludes halogenated alkanes) is 3. The number of hydrogen-bond donors (Lipinski definition) is 2. The number of allylic oxidation sites excluding steroid dienone is 1. The van der Waals surface area contributed by atoms with E-state index < -0.39 is 65.0 Å². The first-order valence-corrected chi connectivity index (χ1v) is 17.7. The van der Waals surface area contributed by atoms with E-state index in [1.165, 1.54) is 22.9 Å². The van der Waals surface area contributed by atoms with Gasteiger partial charge in [-0.05, 0) is 71.4 Å². The van der Waals surface area contributed by atoms with Crippen molar-refractivity contribution < 1.29 is 42.6 Å². The molecule has 1 aromatic carbocycles. The Hall–Kier alpha value is -4.42. The van der Waals surface area contributed by atoms with Crippen LogP contribution in [0.25, 0.3) is 0 Å². The maximum atomic E-state index is 14.5. The molecule has 12 nitrogen and oxygen atoms in total. The fourth-order valence-corrected chi connectivity index (χ4v) is 6.18. The SMILES string of the molecule is C=CCCCCC[C@H](NC(=O)OC(C)(C)C)C(=O)N(C)C[C@@H](C[C@H](C)C(=O)N[C@]1(C(=O)OCC)C[C@H]1C=C)OC(=O)N1Cc2cccc(F)c2C1. The van der Waals surface area contributed by atoms with Crippen molar-refractivity contribution in [3.63, 3.8) is 0 Å². The Morgan fingerprint density at radius 1 is 1.14 bits per heavy atom. The van der Waals surface area contributed by atoms with Crippen LogP contribution in [0.5, 0.6) is 0 Å². The molecule has 1 saturated carbocycles. The molecule has 1 heterocycles. The number of benzene rings is 1. The second-order valence-corrected chi connectivity index (χ2v) is 14.4. The molecule has 1 fully saturated rings. The van der Waals surface area contributed by atoms with Crippen LogP contribution < -0.4 is 10.6 Å². The number of halogens is 1. The number of fused-ring (bicyclic) bond motifs is 1. The standard InChI is InChI=1S/C38H55FN4O8/c1-9-12-13-14-15-19-31(40-35(47)51-37(5,6)7)33(45)42(8)23-28(50-36(48)43-22-26-17-16-18-30(39)29(26)24-43)20-25(4)32(44)41-38(21-27(38)10-2)34(46)49-11-3/h9-10,16-18,25,27-28,31H,1-2,11-15,19-24H2,3-8H3,(H,40,47)(H,41,44)/t25-,27+,28+,31-,38+/m0/s1. The normalized spacial score (nSPS) is 19.4. The number of amides is 4. The van der Waals surface area contributed by atoms with Gasteiger partial charge in [0.15, 0.2) is 0 Å². The summed E-state index contributed by atoms with van der Waals surface area (Å²) in [4.78, 5) is 69.1.